The van der Waals surface area contributed by atoms with E-state index in [1.165, 1.54) is 4.57 Å². The quantitative estimate of drug-likeness (QED) is 0.259. The maximum Gasteiger partial charge on any atom is 0.363 e. The van der Waals surface area contributed by atoms with Crippen LogP contribution in [0.25, 0.3) is 39.5 Å². The van der Waals surface area contributed by atoms with Gasteiger partial charge >= 0.3 is 11.6 Å². The van der Waals surface area contributed by atoms with Gasteiger partial charge in [0.05, 0.1) is 5.39 Å². The van der Waals surface area contributed by atoms with Gasteiger partial charge in [-0.1, -0.05) is 0 Å². The number of rotatable bonds is 3. The molecule has 160 valence electrons. The van der Waals surface area contributed by atoms with Gasteiger partial charge in [-0.25, -0.2) is 4.79 Å². The van der Waals surface area contributed by atoms with Crippen molar-refractivity contribution < 1.29 is 4.57 Å². The van der Waals surface area contributed by atoms with Crippen molar-refractivity contribution in [2.45, 2.75) is 39.8 Å². The molecule has 0 radical (unpaired) electrons. The summed E-state index contributed by atoms with van der Waals surface area (Å²) in [6, 6.07) is -0.0547. The zero-order valence-electron chi connectivity index (χ0n) is 17.5. The molecular formula is C18H23N12O+. The van der Waals surface area contributed by atoms with Crippen LogP contribution in [-0.4, -0.2) is 39.3 Å². The van der Waals surface area contributed by atoms with Crippen LogP contribution in [-0.2, 0) is 0 Å². The third-order valence-corrected chi connectivity index (χ3v) is 5.35. The second kappa shape index (κ2) is 6.17. The van der Waals surface area contributed by atoms with Crippen LogP contribution in [0, 0.1) is 0 Å². The largest absolute Gasteiger partial charge is 0.382 e. The monoisotopic (exact) mass is 423 g/mol. The molecule has 31 heavy (non-hydrogen) atoms. The van der Waals surface area contributed by atoms with Crippen molar-refractivity contribution in [3.05, 3.63) is 16.8 Å². The molecule has 8 N–H and O–H groups in total. The number of aromatic amines is 2. The number of fused-ring (bicyclic) bond motifs is 4. The van der Waals surface area contributed by atoms with Crippen LogP contribution in [0.2, 0.25) is 0 Å². The number of hydrogen-bond acceptors (Lipinski definition) is 8. The Morgan fingerprint density at radius 1 is 1.03 bits per heavy atom. The Bertz CT molecular complexity index is 1500. The fraction of sp³-hybridized carbons (Fsp3) is 0.333. The smallest absolute Gasteiger partial charge is 0.363 e. The van der Waals surface area contributed by atoms with Crippen molar-refractivity contribution >= 4 is 39.5 Å². The normalized spacial score (nSPS) is 12.3. The third-order valence-electron chi connectivity index (χ3n) is 5.35. The Morgan fingerprint density at radius 3 is 2.42 bits per heavy atom. The topological polar surface area (TPSA) is 192 Å². The molecule has 5 rings (SSSR count). The van der Waals surface area contributed by atoms with E-state index in [0.29, 0.717) is 39.6 Å². The van der Waals surface area contributed by atoms with Crippen molar-refractivity contribution in [1.82, 2.24) is 39.3 Å². The Kier molecular flexibility index (Phi) is 3.75. The molecule has 13 nitrogen and oxygen atoms in total. The van der Waals surface area contributed by atoms with Gasteiger partial charge in [-0.2, -0.15) is 9.67 Å². The second-order valence-electron chi connectivity index (χ2n) is 8.00. The molecule has 0 unspecified atom stereocenters. The average Bonchev–Trinajstić information content (AvgIpc) is 3.35. The Morgan fingerprint density at radius 2 is 1.74 bits per heavy atom. The van der Waals surface area contributed by atoms with E-state index in [0.717, 1.165) is 5.65 Å². The molecule has 0 atom stereocenters. The fourth-order valence-electron chi connectivity index (χ4n) is 4.02. The Hall–Kier alpha value is -4.16. The first-order valence-corrected chi connectivity index (χ1v) is 9.82. The van der Waals surface area contributed by atoms with Crippen molar-refractivity contribution in [3.63, 3.8) is 0 Å². The molecule has 0 amide bonds. The van der Waals surface area contributed by atoms with Crippen LogP contribution in [0.1, 0.15) is 39.8 Å². The van der Waals surface area contributed by atoms with E-state index in [-0.39, 0.29) is 29.5 Å². The predicted octanol–water partition coefficient (Wildman–Crippen LogP) is 0.482. The molecule has 3 aromatic rings. The average molecular weight is 423 g/mol. The summed E-state index contributed by atoms with van der Waals surface area (Å²) >= 11 is 0. The maximum atomic E-state index is 12.4. The summed E-state index contributed by atoms with van der Waals surface area (Å²) in [5.74, 6) is 1.42. The van der Waals surface area contributed by atoms with E-state index in [1.807, 2.05) is 32.3 Å². The minimum absolute atomic E-state index is 0.0937. The number of hydrogen-bond donors (Lipinski definition) is 5. The number of nitrogens with zero attached hydrogens (tertiary/aromatic N) is 7. The Balaban J connectivity index is 1.85. The van der Waals surface area contributed by atoms with E-state index in [2.05, 4.69) is 30.1 Å². The second-order valence-corrected chi connectivity index (χ2v) is 8.00. The maximum absolute atomic E-state index is 12.4. The summed E-state index contributed by atoms with van der Waals surface area (Å²) in [6.45, 7) is 7.82. The van der Waals surface area contributed by atoms with Gasteiger partial charge in [0.15, 0.2) is 23.6 Å². The first-order valence-electron chi connectivity index (χ1n) is 9.82. The SMILES string of the molecule is CC(C)n1c2nc(-[n+]3cnc4c(c3N)c3c(N)n[nH]c3n4C(C)C)nc-2c(N)[nH]c1=O. The minimum Gasteiger partial charge on any atom is -0.382 e. The highest BCUT2D eigenvalue weighted by Crippen LogP contribution is 2.35. The molecule has 0 bridgehead atoms. The summed E-state index contributed by atoms with van der Waals surface area (Å²) in [5, 5.41) is 8.42. The molecule has 0 fully saturated rings. The molecule has 3 aromatic heterocycles. The van der Waals surface area contributed by atoms with E-state index in [9.17, 15) is 4.79 Å². The van der Waals surface area contributed by atoms with Gasteiger partial charge in [-0.15, -0.1) is 15.0 Å². The zero-order chi connectivity index (χ0) is 22.2. The van der Waals surface area contributed by atoms with Gasteiger partial charge in [-0.3, -0.25) is 19.2 Å². The number of nitrogens with one attached hydrogen (secondary N) is 2. The predicted molar refractivity (Wildman–Crippen MR) is 116 cm³/mol. The van der Waals surface area contributed by atoms with Gasteiger partial charge in [0.1, 0.15) is 16.9 Å². The molecule has 0 saturated heterocycles. The van der Waals surface area contributed by atoms with E-state index < -0.39 is 0 Å². The lowest BCUT2D eigenvalue weighted by Gasteiger charge is -2.11. The number of nitrogens with two attached hydrogens (primary N) is 3. The van der Waals surface area contributed by atoms with Gasteiger partial charge in [-0.05, 0) is 27.7 Å². The van der Waals surface area contributed by atoms with Crippen molar-refractivity contribution in [3.8, 4) is 17.5 Å². The van der Waals surface area contributed by atoms with Gasteiger partial charge < -0.3 is 17.2 Å². The number of imidazole rings is 1. The summed E-state index contributed by atoms with van der Waals surface area (Å²) in [5.41, 5.74) is 20.1. The molecule has 2 aliphatic rings. The number of anilines is 3. The van der Waals surface area contributed by atoms with E-state index in [4.69, 9.17) is 17.2 Å². The summed E-state index contributed by atoms with van der Waals surface area (Å²) in [7, 11) is 0. The van der Waals surface area contributed by atoms with Crippen LogP contribution in [0.15, 0.2) is 11.1 Å². The van der Waals surface area contributed by atoms with Gasteiger partial charge in [0.2, 0.25) is 11.5 Å². The van der Waals surface area contributed by atoms with Gasteiger partial charge in [0, 0.05) is 12.1 Å². The van der Waals surface area contributed by atoms with Crippen molar-refractivity contribution in [2.24, 2.45) is 0 Å². The number of aromatic nitrogens is 9. The minimum atomic E-state index is -0.361. The van der Waals surface area contributed by atoms with Crippen LogP contribution in [0.5, 0.6) is 0 Å². The molecular weight excluding hydrogens is 400 g/mol. The highest BCUT2D eigenvalue weighted by Gasteiger charge is 2.30. The van der Waals surface area contributed by atoms with E-state index in [1.54, 1.807) is 10.9 Å². The summed E-state index contributed by atoms with van der Waals surface area (Å²) < 4.78 is 5.03. The van der Waals surface area contributed by atoms with Gasteiger partial charge in [0.25, 0.3) is 0 Å². The van der Waals surface area contributed by atoms with Crippen LogP contribution in [0.3, 0.4) is 0 Å². The van der Waals surface area contributed by atoms with E-state index >= 15 is 0 Å². The highest BCUT2D eigenvalue weighted by molar-refractivity contribution is 6.14. The molecule has 0 spiro atoms. The van der Waals surface area contributed by atoms with Crippen LogP contribution < -0.4 is 27.5 Å². The highest BCUT2D eigenvalue weighted by atomic mass is 16.1. The van der Waals surface area contributed by atoms with Crippen molar-refractivity contribution in [1.29, 1.82) is 0 Å². The standard InChI is InChI=1S/C18H22N12O/c1-6(2)29-14-9(8-11(19)26-27-15(8)29)13(21)28(5-22-14)17-23-10-12(20)24-18(31)30(7(3)4)16(10)25-17/h5-7,21H,1-4H3,(H6,19,20,23,24,25,26,27,31)/p+1. The lowest BCUT2D eigenvalue weighted by molar-refractivity contribution is -0.589. The summed E-state index contributed by atoms with van der Waals surface area (Å²) in [6.07, 6.45) is 1.55. The number of H-pyrrole nitrogens is 2. The molecule has 0 aliphatic carbocycles. The molecule has 0 saturated carbocycles. The third kappa shape index (κ3) is 2.42. The van der Waals surface area contributed by atoms with Crippen LogP contribution in [0.4, 0.5) is 17.5 Å². The molecule has 2 aliphatic heterocycles. The lowest BCUT2D eigenvalue weighted by Crippen LogP contribution is -2.36. The summed E-state index contributed by atoms with van der Waals surface area (Å²) in [4.78, 5) is 28.7. The number of nitrogen functional groups attached to an aromatic ring is 3. The molecule has 5 heterocycles. The first-order chi connectivity index (χ1) is 14.7. The Labute approximate surface area is 175 Å². The molecule has 13 heteroatoms. The lowest BCUT2D eigenvalue weighted by atomic mass is 10.2. The molecule has 0 aromatic carbocycles. The van der Waals surface area contributed by atoms with Crippen molar-refractivity contribution in [2.75, 3.05) is 17.2 Å². The first kappa shape index (κ1) is 18.8. The fourth-order valence-corrected chi connectivity index (χ4v) is 4.02. The van der Waals surface area contributed by atoms with Crippen LogP contribution >= 0.6 is 0 Å². The zero-order valence-corrected chi connectivity index (χ0v) is 17.5.